The van der Waals surface area contributed by atoms with Gasteiger partial charge in [-0.1, -0.05) is 0 Å². The molecular formula is C12H12N4O3. The maximum absolute atomic E-state index is 11.6. The lowest BCUT2D eigenvalue weighted by Crippen LogP contribution is -2.41. The molecule has 0 aliphatic carbocycles. The lowest BCUT2D eigenvalue weighted by molar-refractivity contribution is -0.784. The van der Waals surface area contributed by atoms with Gasteiger partial charge in [0.1, 0.15) is 18.9 Å². The fourth-order valence-electron chi connectivity index (χ4n) is 1.61. The Morgan fingerprint density at radius 3 is 2.89 bits per heavy atom. The smallest absolute Gasteiger partial charge is 0.287 e. The maximum atomic E-state index is 11.6. The van der Waals surface area contributed by atoms with Gasteiger partial charge in [0.2, 0.25) is 5.82 Å². The predicted octanol–water partition coefficient (Wildman–Crippen LogP) is 1.78. The van der Waals surface area contributed by atoms with Crippen LogP contribution in [0, 0.1) is 15.3 Å². The number of fused-ring (bicyclic) bond motifs is 1. The third-order valence-electron chi connectivity index (χ3n) is 2.57. The minimum atomic E-state index is -0.479. The van der Waals surface area contributed by atoms with E-state index < -0.39 is 4.92 Å². The van der Waals surface area contributed by atoms with Crippen molar-refractivity contribution in [3.8, 4) is 0 Å². The van der Waals surface area contributed by atoms with Gasteiger partial charge in [-0.25, -0.2) is 0 Å². The summed E-state index contributed by atoms with van der Waals surface area (Å²) in [4.78, 5) is 13.1. The summed E-state index contributed by atoms with van der Waals surface area (Å²) >= 11 is 0. The number of nitrogens with zero attached hydrogens (tertiary/aromatic N) is 3. The minimum Gasteiger partial charge on any atom is -0.621 e. The van der Waals surface area contributed by atoms with Crippen molar-refractivity contribution in [3.63, 3.8) is 0 Å². The fourth-order valence-corrected chi connectivity index (χ4v) is 1.61. The Kier molecular flexibility index (Phi) is 3.69. The molecule has 1 atom stereocenters. The van der Waals surface area contributed by atoms with Gasteiger partial charge >= 0.3 is 0 Å². The van der Waals surface area contributed by atoms with E-state index in [1.807, 2.05) is 6.08 Å². The van der Waals surface area contributed by atoms with Crippen LogP contribution in [-0.2, 0) is 0 Å². The van der Waals surface area contributed by atoms with Crippen LogP contribution in [-0.4, -0.2) is 21.1 Å². The normalized spacial score (nSPS) is 22.7. The van der Waals surface area contributed by atoms with E-state index in [1.54, 1.807) is 24.6 Å². The zero-order chi connectivity index (χ0) is 13.7. The van der Waals surface area contributed by atoms with Crippen LogP contribution in [0.25, 0.3) is 0 Å². The number of aromatic nitrogens is 1. The highest BCUT2D eigenvalue weighted by Gasteiger charge is 2.24. The molecule has 1 aromatic heterocycles. The Bertz CT molecular complexity index is 553. The first-order valence-corrected chi connectivity index (χ1v) is 5.57. The number of rotatable bonds is 1. The first kappa shape index (κ1) is 12.9. The molecule has 0 amide bonds. The zero-order valence-corrected chi connectivity index (χ0v) is 9.97. The second kappa shape index (κ2) is 5.42. The van der Waals surface area contributed by atoms with Gasteiger partial charge in [-0.2, -0.15) is 0 Å². The number of hydrogen-bond acceptors (Lipinski definition) is 5. The third-order valence-corrected chi connectivity index (χ3v) is 2.57. The van der Waals surface area contributed by atoms with Crippen LogP contribution >= 0.6 is 0 Å². The summed E-state index contributed by atoms with van der Waals surface area (Å²) in [5, 5.41) is 24.4. The molecule has 0 saturated carbocycles. The second-order valence-electron chi connectivity index (χ2n) is 3.89. The summed E-state index contributed by atoms with van der Waals surface area (Å²) in [6, 6.07) is 2.92. The molecular weight excluding hydrogens is 248 g/mol. The number of allylic oxidation sites excluding steroid dienone is 2. The Hall–Kier alpha value is -2.51. The molecule has 3 rings (SSSR count). The fraction of sp³-hybridized carbons (Fsp3) is 0.0833. The first-order chi connectivity index (χ1) is 9.12. The zero-order valence-electron chi connectivity index (χ0n) is 9.97. The minimum absolute atomic E-state index is 0.0255. The molecule has 1 unspecified atom stereocenters. The highest BCUT2D eigenvalue weighted by Crippen LogP contribution is 2.22. The van der Waals surface area contributed by atoms with Crippen molar-refractivity contribution < 1.29 is 9.57 Å². The van der Waals surface area contributed by atoms with E-state index in [1.165, 1.54) is 24.5 Å². The summed E-state index contributed by atoms with van der Waals surface area (Å²) < 4.78 is -0.351. The molecule has 98 valence electrons. The van der Waals surface area contributed by atoms with Crippen LogP contribution in [0.3, 0.4) is 0 Å². The standard InChI is InChI=1S/C7H8N2O.C5H4N2O2/c10-9-5-1-3-7(9)8-4-2-6-9;8-7(9)5-2-1-3-6-4-5/h1-5,8H,6H2;1-4H. The summed E-state index contributed by atoms with van der Waals surface area (Å²) in [7, 11) is 0. The topological polar surface area (TPSA) is 91.1 Å². The summed E-state index contributed by atoms with van der Waals surface area (Å²) in [6.07, 6.45) is 11.5. The molecule has 0 radical (unpaired) electrons. The average Bonchev–Trinajstić information content (AvgIpc) is 2.82. The highest BCUT2D eigenvalue weighted by molar-refractivity contribution is 5.23. The highest BCUT2D eigenvalue weighted by atomic mass is 16.6. The maximum Gasteiger partial charge on any atom is 0.287 e. The molecule has 0 bridgehead atoms. The van der Waals surface area contributed by atoms with Gasteiger partial charge in [-0.15, -0.1) is 0 Å². The number of nitro groups is 1. The molecule has 1 N–H and O–H groups in total. The van der Waals surface area contributed by atoms with Gasteiger partial charge in [-0.3, -0.25) is 19.7 Å². The Morgan fingerprint density at radius 2 is 2.32 bits per heavy atom. The van der Waals surface area contributed by atoms with E-state index in [2.05, 4.69) is 10.3 Å². The van der Waals surface area contributed by atoms with E-state index in [-0.39, 0.29) is 10.3 Å². The largest absolute Gasteiger partial charge is 0.621 e. The van der Waals surface area contributed by atoms with Crippen molar-refractivity contribution in [2.75, 3.05) is 6.54 Å². The molecule has 2 aliphatic heterocycles. The van der Waals surface area contributed by atoms with Gasteiger partial charge in [0, 0.05) is 24.5 Å². The quantitative estimate of drug-likeness (QED) is 0.359. The van der Waals surface area contributed by atoms with Crippen molar-refractivity contribution in [2.24, 2.45) is 0 Å². The van der Waals surface area contributed by atoms with Crippen molar-refractivity contribution in [2.45, 2.75) is 0 Å². The van der Waals surface area contributed by atoms with Gasteiger partial charge in [-0.05, 0) is 18.2 Å². The molecule has 19 heavy (non-hydrogen) atoms. The van der Waals surface area contributed by atoms with Gasteiger partial charge in [0.05, 0.1) is 4.92 Å². The number of quaternary nitrogens is 1. The molecule has 7 heteroatoms. The molecule has 3 heterocycles. The summed E-state index contributed by atoms with van der Waals surface area (Å²) in [5.74, 6) is 0.711. The van der Waals surface area contributed by atoms with E-state index >= 15 is 0 Å². The molecule has 0 spiro atoms. The van der Waals surface area contributed by atoms with Crippen LogP contribution in [0.2, 0.25) is 0 Å². The van der Waals surface area contributed by atoms with Crippen LogP contribution < -0.4 is 5.32 Å². The van der Waals surface area contributed by atoms with Gasteiger partial charge in [0.15, 0.2) is 0 Å². The lowest BCUT2D eigenvalue weighted by Gasteiger charge is -2.38. The second-order valence-corrected chi connectivity index (χ2v) is 3.89. The van der Waals surface area contributed by atoms with Crippen molar-refractivity contribution in [1.82, 2.24) is 10.3 Å². The first-order valence-electron chi connectivity index (χ1n) is 5.57. The van der Waals surface area contributed by atoms with Crippen LogP contribution in [0.4, 0.5) is 5.69 Å². The number of hydrogen-bond donors (Lipinski definition) is 1. The van der Waals surface area contributed by atoms with Gasteiger partial charge < -0.3 is 10.5 Å². The molecule has 7 nitrogen and oxygen atoms in total. The molecule has 0 saturated heterocycles. The number of hydroxylamine groups is 3. The van der Waals surface area contributed by atoms with Crippen molar-refractivity contribution in [3.05, 3.63) is 76.3 Å². The molecule has 1 aromatic rings. The third kappa shape index (κ3) is 3.03. The van der Waals surface area contributed by atoms with E-state index in [9.17, 15) is 15.3 Å². The van der Waals surface area contributed by atoms with Gasteiger partial charge in [0.25, 0.3) is 5.69 Å². The van der Waals surface area contributed by atoms with Crippen LogP contribution in [0.5, 0.6) is 0 Å². The Morgan fingerprint density at radius 1 is 1.47 bits per heavy atom. The molecule has 0 aromatic carbocycles. The number of nitrogens with one attached hydrogen (secondary N) is 1. The lowest BCUT2D eigenvalue weighted by atomic mass is 10.4. The van der Waals surface area contributed by atoms with E-state index in [0.717, 1.165) is 0 Å². The van der Waals surface area contributed by atoms with Crippen molar-refractivity contribution in [1.29, 1.82) is 0 Å². The number of pyridine rings is 1. The van der Waals surface area contributed by atoms with E-state index in [4.69, 9.17) is 0 Å². The monoisotopic (exact) mass is 260 g/mol. The SMILES string of the molecule is O=[N+]([O-])c1cccnc1.[O-][N+]12C=CC=C1NC=CC2. The summed E-state index contributed by atoms with van der Waals surface area (Å²) in [6.45, 7) is 0.509. The van der Waals surface area contributed by atoms with E-state index in [0.29, 0.717) is 12.4 Å². The predicted molar refractivity (Wildman–Crippen MR) is 68.9 cm³/mol. The van der Waals surface area contributed by atoms with Crippen LogP contribution in [0.1, 0.15) is 0 Å². The molecule has 2 aliphatic rings. The Labute approximate surface area is 109 Å². The average molecular weight is 260 g/mol. The Balaban J connectivity index is 0.000000141. The van der Waals surface area contributed by atoms with Crippen LogP contribution in [0.15, 0.2) is 61.0 Å². The van der Waals surface area contributed by atoms with Crippen molar-refractivity contribution >= 4 is 5.69 Å². The molecule has 0 fully saturated rings. The summed E-state index contributed by atoms with van der Waals surface area (Å²) in [5.41, 5.74) is 0.0255.